The number of fused-ring (bicyclic) bond motifs is 1. The standard InChI is InChI=1S/C19H17BrN2O2S/c20-15-7-3-2-6-14(15)18(23)24-13-8-9-16-17(12-13)25-19(21-16)22-10-4-1-5-11-22/h2-3,6-9,12H,1,4-5,10-11H2. The SMILES string of the molecule is O=C(Oc1ccc2nc(N3CCCCC3)sc2c1)c1ccccc1Br. The molecule has 6 heteroatoms. The normalized spacial score (nSPS) is 14.7. The Bertz CT molecular complexity index is 919. The predicted molar refractivity (Wildman–Crippen MR) is 105 cm³/mol. The number of ether oxygens (including phenoxy) is 1. The molecule has 128 valence electrons. The largest absolute Gasteiger partial charge is 0.423 e. The minimum absolute atomic E-state index is 0.368. The number of rotatable bonds is 3. The molecule has 1 saturated heterocycles. The van der Waals surface area contributed by atoms with Gasteiger partial charge >= 0.3 is 5.97 Å². The predicted octanol–water partition coefficient (Wildman–Crippen LogP) is 5.27. The summed E-state index contributed by atoms with van der Waals surface area (Å²) in [7, 11) is 0. The molecule has 1 aliphatic heterocycles. The van der Waals surface area contributed by atoms with E-state index >= 15 is 0 Å². The molecule has 0 radical (unpaired) electrons. The highest BCUT2D eigenvalue weighted by Gasteiger charge is 2.16. The number of piperidine rings is 1. The third kappa shape index (κ3) is 3.55. The molecule has 1 aromatic heterocycles. The summed E-state index contributed by atoms with van der Waals surface area (Å²) in [6.07, 6.45) is 3.76. The van der Waals surface area contributed by atoms with Gasteiger partial charge in [-0.15, -0.1) is 0 Å². The van der Waals surface area contributed by atoms with Crippen LogP contribution < -0.4 is 9.64 Å². The van der Waals surface area contributed by atoms with Gasteiger partial charge in [0.2, 0.25) is 0 Å². The summed E-state index contributed by atoms with van der Waals surface area (Å²) in [6.45, 7) is 2.15. The van der Waals surface area contributed by atoms with E-state index in [1.54, 1.807) is 23.5 Å². The maximum Gasteiger partial charge on any atom is 0.344 e. The van der Waals surface area contributed by atoms with Crippen molar-refractivity contribution in [2.45, 2.75) is 19.3 Å². The summed E-state index contributed by atoms with van der Waals surface area (Å²) in [4.78, 5) is 19.4. The van der Waals surface area contributed by atoms with Crippen LogP contribution in [0, 0.1) is 0 Å². The summed E-state index contributed by atoms with van der Waals surface area (Å²) < 4.78 is 7.31. The van der Waals surface area contributed by atoms with Gasteiger partial charge in [0, 0.05) is 23.6 Å². The van der Waals surface area contributed by atoms with Crippen molar-refractivity contribution in [1.29, 1.82) is 0 Å². The molecule has 0 N–H and O–H groups in total. The summed E-state index contributed by atoms with van der Waals surface area (Å²) in [5.74, 6) is 0.176. The molecule has 2 aromatic carbocycles. The molecule has 0 unspecified atom stereocenters. The number of esters is 1. The van der Waals surface area contributed by atoms with Crippen molar-refractivity contribution >= 4 is 48.6 Å². The van der Waals surface area contributed by atoms with Crippen LogP contribution in [0.1, 0.15) is 29.6 Å². The first-order valence-electron chi connectivity index (χ1n) is 8.33. The molecule has 2 heterocycles. The molecule has 0 aliphatic carbocycles. The zero-order valence-corrected chi connectivity index (χ0v) is 16.0. The zero-order chi connectivity index (χ0) is 17.2. The van der Waals surface area contributed by atoms with Gasteiger partial charge in [-0.3, -0.25) is 0 Å². The van der Waals surface area contributed by atoms with Crippen molar-refractivity contribution in [1.82, 2.24) is 4.98 Å². The lowest BCUT2D eigenvalue weighted by Crippen LogP contribution is -2.29. The minimum atomic E-state index is -0.368. The maximum absolute atomic E-state index is 12.4. The van der Waals surface area contributed by atoms with Gasteiger partial charge in [0.1, 0.15) is 5.75 Å². The van der Waals surface area contributed by atoms with Gasteiger partial charge in [0.05, 0.1) is 15.8 Å². The van der Waals surface area contributed by atoms with Gasteiger partial charge in [0.15, 0.2) is 5.13 Å². The van der Waals surface area contributed by atoms with Crippen LogP contribution in [0.15, 0.2) is 46.9 Å². The number of hydrogen-bond acceptors (Lipinski definition) is 5. The molecule has 0 saturated carbocycles. The van der Waals surface area contributed by atoms with Crippen molar-refractivity contribution in [3.63, 3.8) is 0 Å². The van der Waals surface area contributed by atoms with Crippen molar-refractivity contribution in [2.24, 2.45) is 0 Å². The highest BCUT2D eigenvalue weighted by atomic mass is 79.9. The van der Waals surface area contributed by atoms with Crippen LogP contribution in [0.4, 0.5) is 5.13 Å². The fourth-order valence-corrected chi connectivity index (χ4v) is 4.46. The lowest BCUT2D eigenvalue weighted by Gasteiger charge is -2.25. The van der Waals surface area contributed by atoms with E-state index in [0.29, 0.717) is 11.3 Å². The maximum atomic E-state index is 12.4. The molecular formula is C19H17BrN2O2S. The Hall–Kier alpha value is -1.92. The van der Waals surface area contributed by atoms with Crippen molar-refractivity contribution in [3.8, 4) is 5.75 Å². The number of carbonyl (C=O) groups is 1. The second kappa shape index (κ2) is 7.14. The highest BCUT2D eigenvalue weighted by molar-refractivity contribution is 9.10. The van der Waals surface area contributed by atoms with E-state index in [-0.39, 0.29) is 5.97 Å². The fraction of sp³-hybridized carbons (Fsp3) is 0.263. The number of aromatic nitrogens is 1. The van der Waals surface area contributed by atoms with E-state index in [0.717, 1.165) is 32.9 Å². The molecule has 3 aromatic rings. The number of thiazole rings is 1. The Labute approximate surface area is 158 Å². The molecule has 0 spiro atoms. The van der Waals surface area contributed by atoms with Gasteiger partial charge in [-0.05, 0) is 59.5 Å². The quantitative estimate of drug-likeness (QED) is 0.430. The van der Waals surface area contributed by atoms with Crippen LogP contribution in [0.25, 0.3) is 10.2 Å². The molecule has 4 rings (SSSR count). The summed E-state index contributed by atoms with van der Waals surface area (Å²) in [5, 5.41) is 1.06. The average Bonchev–Trinajstić information content (AvgIpc) is 3.06. The second-order valence-electron chi connectivity index (χ2n) is 6.04. The van der Waals surface area contributed by atoms with Crippen LogP contribution in [0.5, 0.6) is 5.75 Å². The molecule has 0 atom stereocenters. The van der Waals surface area contributed by atoms with Crippen molar-refractivity contribution in [3.05, 3.63) is 52.5 Å². The van der Waals surface area contributed by atoms with Crippen LogP contribution in [-0.2, 0) is 0 Å². The Morgan fingerprint density at radius 3 is 2.72 bits per heavy atom. The Morgan fingerprint density at radius 1 is 1.12 bits per heavy atom. The molecule has 0 amide bonds. The second-order valence-corrected chi connectivity index (χ2v) is 7.91. The number of carbonyl (C=O) groups excluding carboxylic acids is 1. The molecule has 0 bridgehead atoms. The fourth-order valence-electron chi connectivity index (χ4n) is 2.97. The van der Waals surface area contributed by atoms with Gasteiger partial charge in [-0.1, -0.05) is 23.5 Å². The average molecular weight is 417 g/mol. The van der Waals surface area contributed by atoms with E-state index in [1.165, 1.54) is 19.3 Å². The van der Waals surface area contributed by atoms with Crippen LogP contribution >= 0.6 is 27.3 Å². The number of halogens is 1. The number of nitrogens with zero attached hydrogens (tertiary/aromatic N) is 2. The van der Waals surface area contributed by atoms with E-state index in [2.05, 4.69) is 20.8 Å². The van der Waals surface area contributed by atoms with E-state index in [9.17, 15) is 4.79 Å². The minimum Gasteiger partial charge on any atom is -0.423 e. The zero-order valence-electron chi connectivity index (χ0n) is 13.6. The Balaban J connectivity index is 1.56. The van der Waals surface area contributed by atoms with Crippen molar-refractivity contribution in [2.75, 3.05) is 18.0 Å². The lowest BCUT2D eigenvalue weighted by molar-refractivity contribution is 0.0734. The van der Waals surface area contributed by atoms with Crippen LogP contribution in [0.3, 0.4) is 0 Å². The Morgan fingerprint density at radius 2 is 1.92 bits per heavy atom. The van der Waals surface area contributed by atoms with Crippen LogP contribution in [-0.4, -0.2) is 24.0 Å². The first kappa shape index (κ1) is 16.5. The molecular weight excluding hydrogens is 400 g/mol. The lowest BCUT2D eigenvalue weighted by atomic mass is 10.1. The number of benzene rings is 2. The van der Waals surface area contributed by atoms with E-state index < -0.39 is 0 Å². The van der Waals surface area contributed by atoms with E-state index in [1.807, 2.05) is 30.3 Å². The molecule has 1 aliphatic rings. The first-order chi connectivity index (χ1) is 12.2. The number of anilines is 1. The van der Waals surface area contributed by atoms with E-state index in [4.69, 9.17) is 9.72 Å². The smallest absolute Gasteiger partial charge is 0.344 e. The summed E-state index contributed by atoms with van der Waals surface area (Å²) in [6, 6.07) is 12.9. The monoisotopic (exact) mass is 416 g/mol. The van der Waals surface area contributed by atoms with Gasteiger partial charge in [-0.2, -0.15) is 0 Å². The van der Waals surface area contributed by atoms with Gasteiger partial charge < -0.3 is 9.64 Å². The molecule has 1 fully saturated rings. The Kier molecular flexibility index (Phi) is 4.72. The third-order valence-corrected chi connectivity index (χ3v) is 6.05. The first-order valence-corrected chi connectivity index (χ1v) is 9.94. The summed E-state index contributed by atoms with van der Waals surface area (Å²) >= 11 is 5.04. The highest BCUT2D eigenvalue weighted by Crippen LogP contribution is 2.33. The van der Waals surface area contributed by atoms with Crippen LogP contribution in [0.2, 0.25) is 0 Å². The van der Waals surface area contributed by atoms with Gasteiger partial charge in [0.25, 0.3) is 0 Å². The number of hydrogen-bond donors (Lipinski definition) is 0. The van der Waals surface area contributed by atoms with Crippen molar-refractivity contribution < 1.29 is 9.53 Å². The summed E-state index contributed by atoms with van der Waals surface area (Å²) in [5.41, 5.74) is 1.46. The molecule has 25 heavy (non-hydrogen) atoms. The van der Waals surface area contributed by atoms with Gasteiger partial charge in [-0.25, -0.2) is 9.78 Å². The topological polar surface area (TPSA) is 42.4 Å². The molecule has 4 nitrogen and oxygen atoms in total. The third-order valence-electron chi connectivity index (χ3n) is 4.28.